The monoisotopic (exact) mass is 211 g/mol. The summed E-state index contributed by atoms with van der Waals surface area (Å²) in [5.41, 5.74) is -0.359. The van der Waals surface area contributed by atoms with Gasteiger partial charge >= 0.3 is 5.97 Å². The van der Waals surface area contributed by atoms with Gasteiger partial charge in [0.25, 0.3) is 0 Å². The molecule has 0 aromatic heterocycles. The predicted molar refractivity (Wildman–Crippen MR) is 58.6 cm³/mol. The van der Waals surface area contributed by atoms with Gasteiger partial charge in [-0.3, -0.25) is 4.79 Å². The van der Waals surface area contributed by atoms with Gasteiger partial charge in [-0.15, -0.1) is 0 Å². The summed E-state index contributed by atoms with van der Waals surface area (Å²) in [5, 5.41) is 3.32. The number of carbonyl (C=O) groups is 1. The Hall–Kier alpha value is -0.570. The van der Waals surface area contributed by atoms with E-state index in [-0.39, 0.29) is 17.6 Å². The first-order valence-corrected chi connectivity index (χ1v) is 6.23. The zero-order valence-corrected chi connectivity index (χ0v) is 9.55. The standard InChI is InChI=1S/C12H21NO2/c1-2-12(8-5-9-13-12)11(14)15-10-6-3-4-7-10/h10,13H,2-9H2,1H3. The van der Waals surface area contributed by atoms with Crippen LogP contribution in [-0.4, -0.2) is 24.2 Å². The molecule has 0 aromatic rings. The molecule has 1 atom stereocenters. The molecule has 3 heteroatoms. The van der Waals surface area contributed by atoms with Gasteiger partial charge in [0.15, 0.2) is 0 Å². The van der Waals surface area contributed by atoms with Crippen molar-refractivity contribution in [3.63, 3.8) is 0 Å². The van der Waals surface area contributed by atoms with Crippen molar-refractivity contribution in [2.24, 2.45) is 0 Å². The molecule has 1 heterocycles. The lowest BCUT2D eigenvalue weighted by Gasteiger charge is -2.27. The highest BCUT2D eigenvalue weighted by molar-refractivity contribution is 5.81. The Kier molecular flexibility index (Phi) is 3.29. The molecule has 86 valence electrons. The lowest BCUT2D eigenvalue weighted by Crippen LogP contribution is -2.49. The van der Waals surface area contributed by atoms with Crippen molar-refractivity contribution in [1.29, 1.82) is 0 Å². The molecule has 15 heavy (non-hydrogen) atoms. The van der Waals surface area contributed by atoms with Crippen molar-refractivity contribution in [2.75, 3.05) is 6.54 Å². The summed E-state index contributed by atoms with van der Waals surface area (Å²) in [4.78, 5) is 12.1. The minimum absolute atomic E-state index is 0.00519. The first-order chi connectivity index (χ1) is 7.27. The van der Waals surface area contributed by atoms with Crippen LogP contribution in [0.3, 0.4) is 0 Å². The molecule has 1 aliphatic carbocycles. The first-order valence-electron chi connectivity index (χ1n) is 6.23. The molecule has 1 unspecified atom stereocenters. The van der Waals surface area contributed by atoms with Crippen molar-refractivity contribution in [1.82, 2.24) is 5.32 Å². The minimum Gasteiger partial charge on any atom is -0.461 e. The summed E-state index contributed by atoms with van der Waals surface area (Å²) in [7, 11) is 0. The zero-order chi connectivity index (χ0) is 10.7. The molecule has 2 aliphatic rings. The molecule has 1 N–H and O–H groups in total. The summed E-state index contributed by atoms with van der Waals surface area (Å²) in [6.45, 7) is 3.02. The van der Waals surface area contributed by atoms with Crippen molar-refractivity contribution < 1.29 is 9.53 Å². The molecule has 2 rings (SSSR count). The van der Waals surface area contributed by atoms with Gasteiger partial charge < -0.3 is 10.1 Å². The fraction of sp³-hybridized carbons (Fsp3) is 0.917. The second-order valence-electron chi connectivity index (χ2n) is 4.78. The third-order valence-corrected chi connectivity index (χ3v) is 3.81. The van der Waals surface area contributed by atoms with Crippen LogP contribution in [-0.2, 0) is 9.53 Å². The van der Waals surface area contributed by atoms with Crippen LogP contribution in [0.15, 0.2) is 0 Å². The van der Waals surface area contributed by atoms with Gasteiger partial charge in [0.2, 0.25) is 0 Å². The van der Waals surface area contributed by atoms with Gasteiger partial charge in [0.1, 0.15) is 11.6 Å². The molecule has 3 nitrogen and oxygen atoms in total. The van der Waals surface area contributed by atoms with E-state index in [9.17, 15) is 4.79 Å². The van der Waals surface area contributed by atoms with Crippen LogP contribution >= 0.6 is 0 Å². The SMILES string of the molecule is CCC1(C(=O)OC2CCCC2)CCCN1. The first kappa shape index (κ1) is 10.9. The third kappa shape index (κ3) is 2.17. The third-order valence-electron chi connectivity index (χ3n) is 3.81. The van der Waals surface area contributed by atoms with Crippen molar-refractivity contribution >= 4 is 5.97 Å². The molecule has 1 saturated carbocycles. The van der Waals surface area contributed by atoms with Crippen molar-refractivity contribution in [3.05, 3.63) is 0 Å². The lowest BCUT2D eigenvalue weighted by atomic mass is 9.94. The van der Waals surface area contributed by atoms with Crippen LogP contribution in [0.2, 0.25) is 0 Å². The molecule has 1 aliphatic heterocycles. The van der Waals surface area contributed by atoms with Gasteiger partial charge in [-0.05, 0) is 51.5 Å². The van der Waals surface area contributed by atoms with E-state index in [4.69, 9.17) is 4.74 Å². The number of esters is 1. The molecular weight excluding hydrogens is 190 g/mol. The average Bonchev–Trinajstić information content (AvgIpc) is 2.87. The van der Waals surface area contributed by atoms with E-state index in [0.717, 1.165) is 38.6 Å². The minimum atomic E-state index is -0.359. The van der Waals surface area contributed by atoms with E-state index in [0.29, 0.717) is 0 Å². The van der Waals surface area contributed by atoms with Crippen LogP contribution in [0, 0.1) is 0 Å². The lowest BCUT2D eigenvalue weighted by molar-refractivity contribution is -0.156. The normalized spacial score (nSPS) is 32.1. The van der Waals surface area contributed by atoms with E-state index in [1.54, 1.807) is 0 Å². The zero-order valence-electron chi connectivity index (χ0n) is 9.55. The number of nitrogens with one attached hydrogen (secondary N) is 1. The molecule has 2 fully saturated rings. The Bertz CT molecular complexity index is 228. The van der Waals surface area contributed by atoms with Crippen LogP contribution in [0.25, 0.3) is 0 Å². The molecule has 0 amide bonds. The van der Waals surface area contributed by atoms with E-state index in [1.165, 1.54) is 12.8 Å². The van der Waals surface area contributed by atoms with Gasteiger partial charge in [-0.1, -0.05) is 6.92 Å². The summed E-state index contributed by atoms with van der Waals surface area (Å²) in [5.74, 6) is -0.00519. The van der Waals surface area contributed by atoms with Crippen LogP contribution in [0.4, 0.5) is 0 Å². The largest absolute Gasteiger partial charge is 0.461 e. The van der Waals surface area contributed by atoms with E-state index in [2.05, 4.69) is 12.2 Å². The Morgan fingerprint density at radius 1 is 1.40 bits per heavy atom. The van der Waals surface area contributed by atoms with Gasteiger partial charge in [-0.2, -0.15) is 0 Å². The number of hydrogen-bond donors (Lipinski definition) is 1. The maximum Gasteiger partial charge on any atom is 0.326 e. The van der Waals surface area contributed by atoms with E-state index in [1.807, 2.05) is 0 Å². The number of hydrogen-bond acceptors (Lipinski definition) is 3. The second-order valence-corrected chi connectivity index (χ2v) is 4.78. The number of rotatable bonds is 3. The van der Waals surface area contributed by atoms with Crippen molar-refractivity contribution in [3.8, 4) is 0 Å². The van der Waals surface area contributed by atoms with E-state index < -0.39 is 0 Å². The summed E-state index contributed by atoms with van der Waals surface area (Å²) in [6.07, 6.45) is 7.62. The smallest absolute Gasteiger partial charge is 0.326 e. The van der Waals surface area contributed by atoms with Gasteiger partial charge in [-0.25, -0.2) is 0 Å². The number of ether oxygens (including phenoxy) is 1. The summed E-state index contributed by atoms with van der Waals surface area (Å²) in [6, 6.07) is 0. The highest BCUT2D eigenvalue weighted by atomic mass is 16.5. The Labute approximate surface area is 91.6 Å². The Morgan fingerprint density at radius 3 is 2.67 bits per heavy atom. The second kappa shape index (κ2) is 4.52. The number of carbonyl (C=O) groups excluding carboxylic acids is 1. The molecular formula is C12H21NO2. The molecule has 1 saturated heterocycles. The van der Waals surface area contributed by atoms with Gasteiger partial charge in [0, 0.05) is 0 Å². The Morgan fingerprint density at radius 2 is 2.13 bits per heavy atom. The average molecular weight is 211 g/mol. The highest BCUT2D eigenvalue weighted by Gasteiger charge is 2.41. The van der Waals surface area contributed by atoms with Gasteiger partial charge in [0.05, 0.1) is 0 Å². The van der Waals surface area contributed by atoms with E-state index >= 15 is 0 Å². The highest BCUT2D eigenvalue weighted by Crippen LogP contribution is 2.28. The summed E-state index contributed by atoms with van der Waals surface area (Å²) >= 11 is 0. The molecule has 0 radical (unpaired) electrons. The quantitative estimate of drug-likeness (QED) is 0.726. The Balaban J connectivity index is 1.92. The van der Waals surface area contributed by atoms with Crippen LogP contribution in [0.5, 0.6) is 0 Å². The predicted octanol–water partition coefficient (Wildman–Crippen LogP) is 2.00. The maximum atomic E-state index is 12.1. The molecule has 0 aromatic carbocycles. The fourth-order valence-electron chi connectivity index (χ4n) is 2.70. The van der Waals surface area contributed by atoms with Crippen molar-refractivity contribution in [2.45, 2.75) is 63.5 Å². The fourth-order valence-corrected chi connectivity index (χ4v) is 2.70. The summed E-state index contributed by atoms with van der Waals surface area (Å²) < 4.78 is 5.59. The maximum absolute atomic E-state index is 12.1. The molecule has 0 spiro atoms. The topological polar surface area (TPSA) is 38.3 Å². The molecule has 0 bridgehead atoms. The van der Waals surface area contributed by atoms with Crippen LogP contribution in [0.1, 0.15) is 51.9 Å². The van der Waals surface area contributed by atoms with Crippen LogP contribution < -0.4 is 5.32 Å².